The van der Waals surface area contributed by atoms with Crippen molar-refractivity contribution in [1.29, 1.82) is 0 Å². The van der Waals surface area contributed by atoms with Crippen LogP contribution in [0, 0.1) is 17.0 Å². The van der Waals surface area contributed by atoms with Crippen LogP contribution in [0.4, 0.5) is 11.4 Å². The van der Waals surface area contributed by atoms with Gasteiger partial charge in [-0.2, -0.15) is 0 Å². The first-order chi connectivity index (χ1) is 12.6. The summed E-state index contributed by atoms with van der Waals surface area (Å²) in [6.07, 6.45) is 0.795. The number of amides is 1. The summed E-state index contributed by atoms with van der Waals surface area (Å²) in [5, 5.41) is 13.6. The quantitative estimate of drug-likeness (QED) is 0.536. The lowest BCUT2D eigenvalue weighted by molar-refractivity contribution is -0.385. The van der Waals surface area contributed by atoms with E-state index in [9.17, 15) is 23.3 Å². The van der Waals surface area contributed by atoms with E-state index >= 15 is 0 Å². The molecule has 27 heavy (non-hydrogen) atoms. The van der Waals surface area contributed by atoms with Gasteiger partial charge in [0.2, 0.25) is 15.9 Å². The van der Waals surface area contributed by atoms with Crippen molar-refractivity contribution in [3.05, 3.63) is 62.7 Å². The topological polar surface area (TPSA) is 118 Å². The molecule has 0 heterocycles. The highest BCUT2D eigenvalue weighted by molar-refractivity contribution is 7.89. The zero-order valence-electron chi connectivity index (χ0n) is 14.7. The van der Waals surface area contributed by atoms with Crippen molar-refractivity contribution < 1.29 is 18.1 Å². The number of hydrogen-bond acceptors (Lipinski definition) is 5. The van der Waals surface area contributed by atoms with Crippen LogP contribution >= 0.6 is 11.6 Å². The minimum Gasteiger partial charge on any atom is -0.325 e. The number of carbonyl (C=O) groups excluding carboxylic acids is 1. The molecule has 2 aromatic rings. The van der Waals surface area contributed by atoms with Crippen LogP contribution in [0.15, 0.2) is 41.3 Å². The van der Waals surface area contributed by atoms with Gasteiger partial charge in [-0.25, -0.2) is 13.1 Å². The maximum absolute atomic E-state index is 12.4. The monoisotopic (exact) mass is 411 g/mol. The van der Waals surface area contributed by atoms with E-state index in [1.807, 2.05) is 13.0 Å². The Morgan fingerprint density at radius 3 is 2.59 bits per heavy atom. The average molecular weight is 412 g/mol. The van der Waals surface area contributed by atoms with Crippen molar-refractivity contribution in [3.63, 3.8) is 0 Å². The van der Waals surface area contributed by atoms with Crippen LogP contribution in [0.2, 0.25) is 5.02 Å². The highest BCUT2D eigenvalue weighted by atomic mass is 35.5. The molecule has 0 radical (unpaired) electrons. The summed E-state index contributed by atoms with van der Waals surface area (Å²) >= 11 is 5.89. The Kier molecular flexibility index (Phi) is 6.53. The molecule has 0 aliphatic carbocycles. The van der Waals surface area contributed by atoms with Gasteiger partial charge in [-0.1, -0.05) is 30.7 Å². The summed E-state index contributed by atoms with van der Waals surface area (Å²) in [5.74, 6) is -0.570. The van der Waals surface area contributed by atoms with Gasteiger partial charge in [0.05, 0.1) is 21.4 Å². The Morgan fingerprint density at radius 1 is 1.26 bits per heavy atom. The number of carbonyl (C=O) groups is 1. The molecule has 0 fully saturated rings. The highest BCUT2D eigenvalue weighted by Gasteiger charge is 2.23. The molecule has 0 aromatic heterocycles. The van der Waals surface area contributed by atoms with Gasteiger partial charge in [0.1, 0.15) is 0 Å². The number of sulfonamides is 1. The van der Waals surface area contributed by atoms with Crippen LogP contribution in [0.25, 0.3) is 0 Å². The molecule has 0 bridgehead atoms. The maximum Gasteiger partial charge on any atom is 0.275 e. The number of aryl methyl sites for hydroxylation is 1. The van der Waals surface area contributed by atoms with Gasteiger partial charge >= 0.3 is 0 Å². The van der Waals surface area contributed by atoms with Crippen LogP contribution in [0.3, 0.4) is 0 Å². The predicted octanol–water partition coefficient (Wildman–Crippen LogP) is 3.04. The second kappa shape index (κ2) is 8.47. The van der Waals surface area contributed by atoms with E-state index in [0.717, 1.165) is 24.1 Å². The summed E-state index contributed by atoms with van der Waals surface area (Å²) in [4.78, 5) is 22.0. The van der Waals surface area contributed by atoms with Crippen molar-refractivity contribution in [2.24, 2.45) is 0 Å². The van der Waals surface area contributed by atoms with Gasteiger partial charge in [-0.15, -0.1) is 0 Å². The second-order valence-corrected chi connectivity index (χ2v) is 7.91. The Hall–Kier alpha value is -2.49. The third-order valence-electron chi connectivity index (χ3n) is 3.84. The smallest absolute Gasteiger partial charge is 0.275 e. The molecule has 0 unspecified atom stereocenters. The van der Waals surface area contributed by atoms with E-state index < -0.39 is 33.1 Å². The summed E-state index contributed by atoms with van der Waals surface area (Å²) in [5.41, 5.74) is 1.32. The van der Waals surface area contributed by atoms with Crippen LogP contribution in [0.1, 0.15) is 18.1 Å². The Morgan fingerprint density at radius 2 is 1.96 bits per heavy atom. The number of nitro benzene ring substituents is 1. The Balaban J connectivity index is 2.12. The molecule has 0 saturated heterocycles. The predicted molar refractivity (Wildman–Crippen MR) is 102 cm³/mol. The van der Waals surface area contributed by atoms with Crippen LogP contribution in [-0.4, -0.2) is 25.8 Å². The zero-order chi connectivity index (χ0) is 20.2. The van der Waals surface area contributed by atoms with Gasteiger partial charge in [0.25, 0.3) is 5.69 Å². The fourth-order valence-corrected chi connectivity index (χ4v) is 3.61. The lowest BCUT2D eigenvalue weighted by Crippen LogP contribution is -2.33. The van der Waals surface area contributed by atoms with E-state index in [4.69, 9.17) is 11.6 Å². The first-order valence-electron chi connectivity index (χ1n) is 7.97. The first-order valence-corrected chi connectivity index (χ1v) is 9.83. The van der Waals surface area contributed by atoms with E-state index in [0.29, 0.717) is 5.69 Å². The van der Waals surface area contributed by atoms with Crippen LogP contribution < -0.4 is 10.0 Å². The van der Waals surface area contributed by atoms with Gasteiger partial charge in [-0.3, -0.25) is 14.9 Å². The molecule has 0 saturated carbocycles. The van der Waals surface area contributed by atoms with Crippen molar-refractivity contribution in [3.8, 4) is 0 Å². The Bertz CT molecular complexity index is 992. The van der Waals surface area contributed by atoms with Crippen molar-refractivity contribution in [1.82, 2.24) is 4.72 Å². The Labute approximate surface area is 161 Å². The highest BCUT2D eigenvalue weighted by Crippen LogP contribution is 2.29. The minimum absolute atomic E-state index is 0.0505. The fraction of sp³-hybridized carbons (Fsp3) is 0.235. The summed E-state index contributed by atoms with van der Waals surface area (Å²) in [6, 6.07) is 9.18. The van der Waals surface area contributed by atoms with E-state index in [1.165, 1.54) is 6.92 Å². The third kappa shape index (κ3) is 5.25. The van der Waals surface area contributed by atoms with Crippen molar-refractivity contribution >= 4 is 38.9 Å². The number of nitro groups is 1. The lowest BCUT2D eigenvalue weighted by atomic mass is 10.1. The molecule has 0 aliphatic heterocycles. The molecular weight excluding hydrogens is 394 g/mol. The number of nitrogens with one attached hydrogen (secondary N) is 2. The van der Waals surface area contributed by atoms with Gasteiger partial charge in [-0.05, 0) is 37.1 Å². The van der Waals surface area contributed by atoms with Gasteiger partial charge in [0.15, 0.2) is 0 Å². The first kappa shape index (κ1) is 20.8. The molecule has 0 atom stereocenters. The molecule has 144 valence electrons. The second-order valence-electron chi connectivity index (χ2n) is 5.73. The number of nitrogens with zero attached hydrogens (tertiary/aromatic N) is 1. The van der Waals surface area contributed by atoms with Gasteiger partial charge in [0, 0.05) is 17.3 Å². The number of anilines is 1. The standard InChI is InChI=1S/C17H18ClN3O5S/c1-3-12-5-4-6-13(7-12)20-17(22)10-19-27(25,26)14-8-15(18)11(2)16(9-14)21(23)24/h4-9,19H,3,10H2,1-2H3,(H,20,22). The molecule has 2 aromatic carbocycles. The number of hydrogen-bond donors (Lipinski definition) is 2. The number of rotatable bonds is 7. The lowest BCUT2D eigenvalue weighted by Gasteiger charge is -2.10. The molecule has 0 aliphatic rings. The zero-order valence-corrected chi connectivity index (χ0v) is 16.2. The SMILES string of the molecule is CCc1cccc(NC(=O)CNS(=O)(=O)c2cc(Cl)c(C)c([N+](=O)[O-])c2)c1. The summed E-state index contributed by atoms with van der Waals surface area (Å²) < 4.78 is 26.8. The average Bonchev–Trinajstić information content (AvgIpc) is 2.62. The fourth-order valence-electron chi connectivity index (χ4n) is 2.30. The van der Waals surface area contributed by atoms with Crippen LogP contribution in [0.5, 0.6) is 0 Å². The molecule has 10 heteroatoms. The van der Waals surface area contributed by atoms with Gasteiger partial charge < -0.3 is 5.32 Å². The minimum atomic E-state index is -4.16. The molecule has 1 amide bonds. The molecule has 2 rings (SSSR count). The van der Waals surface area contributed by atoms with Crippen molar-refractivity contribution in [2.75, 3.05) is 11.9 Å². The normalized spacial score (nSPS) is 11.2. The third-order valence-corrected chi connectivity index (χ3v) is 5.61. The summed E-state index contributed by atoms with van der Waals surface area (Å²) in [6.45, 7) is 2.86. The summed E-state index contributed by atoms with van der Waals surface area (Å²) in [7, 11) is -4.16. The largest absolute Gasteiger partial charge is 0.325 e. The molecule has 2 N–H and O–H groups in total. The number of benzene rings is 2. The molecular formula is C17H18ClN3O5S. The molecule has 8 nitrogen and oxygen atoms in total. The van der Waals surface area contributed by atoms with E-state index in [2.05, 4.69) is 10.0 Å². The maximum atomic E-state index is 12.4. The molecule has 0 spiro atoms. The number of halogens is 1. The van der Waals surface area contributed by atoms with E-state index in [-0.39, 0.29) is 15.5 Å². The van der Waals surface area contributed by atoms with E-state index in [1.54, 1.807) is 18.2 Å². The van der Waals surface area contributed by atoms with Crippen molar-refractivity contribution in [2.45, 2.75) is 25.2 Å². The van der Waals surface area contributed by atoms with Crippen LogP contribution in [-0.2, 0) is 21.2 Å².